The number of nitrogens with zero attached hydrogens (tertiary/aromatic N) is 1. The van der Waals surface area contributed by atoms with Crippen molar-refractivity contribution in [2.45, 2.75) is 95.3 Å². The minimum absolute atomic E-state index is 0.0388. The Morgan fingerprint density at radius 1 is 0.478 bits per heavy atom. The first-order valence-corrected chi connectivity index (χ1v) is 17.9. The molecule has 0 atom stereocenters. The number of anilines is 3. The summed E-state index contributed by atoms with van der Waals surface area (Å²) in [5.41, 5.74) is 15.1. The predicted octanol–water partition coefficient (Wildman–Crippen LogP) is 13.2. The molecule has 1 heteroatoms. The highest BCUT2D eigenvalue weighted by molar-refractivity contribution is 5.86. The highest BCUT2D eigenvalue weighted by atomic mass is 15.1. The van der Waals surface area contributed by atoms with Crippen LogP contribution in [-0.2, 0) is 5.41 Å². The molecule has 0 saturated heterocycles. The van der Waals surface area contributed by atoms with Gasteiger partial charge in [0.2, 0.25) is 0 Å². The zero-order valence-electron chi connectivity index (χ0n) is 27.6. The van der Waals surface area contributed by atoms with Crippen molar-refractivity contribution in [3.63, 3.8) is 0 Å². The zero-order valence-corrected chi connectivity index (χ0v) is 27.6. The SMILES string of the molecule is CC1(C)c2ccccc2-c2ccc(N(c3ccc(C4CCCCC4)cc3)c3ccc(-c4ccccc4)c(C4CCCCC4)c3)cc21. The lowest BCUT2D eigenvalue weighted by molar-refractivity contribution is 0.443. The summed E-state index contributed by atoms with van der Waals surface area (Å²) in [5.74, 6) is 1.31. The third-order valence-electron chi connectivity index (χ3n) is 11.5. The van der Waals surface area contributed by atoms with E-state index in [0.717, 1.165) is 0 Å². The molecule has 0 unspecified atom stereocenters. The first-order chi connectivity index (χ1) is 22.6. The largest absolute Gasteiger partial charge is 0.310 e. The second kappa shape index (κ2) is 12.3. The van der Waals surface area contributed by atoms with Gasteiger partial charge >= 0.3 is 0 Å². The Morgan fingerprint density at radius 3 is 1.76 bits per heavy atom. The van der Waals surface area contributed by atoms with Crippen molar-refractivity contribution >= 4 is 17.1 Å². The summed E-state index contributed by atoms with van der Waals surface area (Å²) in [7, 11) is 0. The van der Waals surface area contributed by atoms with Gasteiger partial charge in [-0.3, -0.25) is 0 Å². The van der Waals surface area contributed by atoms with Crippen LogP contribution in [0.1, 0.15) is 112 Å². The van der Waals surface area contributed by atoms with Gasteiger partial charge in [-0.15, -0.1) is 0 Å². The molecule has 46 heavy (non-hydrogen) atoms. The van der Waals surface area contributed by atoms with Gasteiger partial charge in [0.15, 0.2) is 0 Å². The van der Waals surface area contributed by atoms with E-state index in [9.17, 15) is 0 Å². The van der Waals surface area contributed by atoms with E-state index < -0.39 is 0 Å². The molecule has 0 radical (unpaired) electrons. The highest BCUT2D eigenvalue weighted by Crippen LogP contribution is 2.51. The Kier molecular flexibility index (Phi) is 7.81. The third kappa shape index (κ3) is 5.28. The first-order valence-electron chi connectivity index (χ1n) is 17.9. The molecule has 232 valence electrons. The summed E-state index contributed by atoms with van der Waals surface area (Å²) in [6.07, 6.45) is 13.4. The van der Waals surface area contributed by atoms with Crippen molar-refractivity contribution in [2.24, 2.45) is 0 Å². The molecule has 0 aliphatic heterocycles. The summed E-state index contributed by atoms with van der Waals surface area (Å²) < 4.78 is 0. The maximum Gasteiger partial charge on any atom is 0.0465 e. The Labute approximate surface area is 276 Å². The van der Waals surface area contributed by atoms with Crippen LogP contribution in [0, 0.1) is 0 Å². The van der Waals surface area contributed by atoms with E-state index in [2.05, 4.69) is 134 Å². The first kappa shape index (κ1) is 29.3. The number of hydrogen-bond acceptors (Lipinski definition) is 1. The smallest absolute Gasteiger partial charge is 0.0465 e. The molecule has 8 rings (SSSR count). The standard InChI is InChI=1S/C45H47N/c1-45(2)43-21-13-12-20-40(43)41-29-27-38(31-44(41)45)46(36-24-22-33(23-25-36)32-14-6-3-7-15-32)37-26-28-39(34-16-8-4-9-17-34)42(30-37)35-18-10-5-11-19-35/h4,8-9,12-13,16-17,20-32,35H,3,5-7,10-11,14-15,18-19H2,1-2H3. The van der Waals surface area contributed by atoms with E-state index in [1.807, 2.05) is 0 Å². The number of hydrogen-bond donors (Lipinski definition) is 0. The normalized spacial score (nSPS) is 17.8. The monoisotopic (exact) mass is 601 g/mol. The van der Waals surface area contributed by atoms with Gasteiger partial charge in [-0.05, 0) is 118 Å². The van der Waals surface area contributed by atoms with Crippen molar-refractivity contribution in [1.82, 2.24) is 0 Å². The van der Waals surface area contributed by atoms with Gasteiger partial charge in [0.25, 0.3) is 0 Å². The lowest BCUT2D eigenvalue weighted by Gasteiger charge is -2.31. The molecule has 0 amide bonds. The van der Waals surface area contributed by atoms with Gasteiger partial charge < -0.3 is 4.90 Å². The van der Waals surface area contributed by atoms with Crippen LogP contribution in [-0.4, -0.2) is 0 Å². The molecule has 3 aliphatic carbocycles. The maximum atomic E-state index is 2.54. The average Bonchev–Trinajstić information content (AvgIpc) is 3.35. The molecular formula is C45H47N. The maximum absolute atomic E-state index is 2.54. The summed E-state index contributed by atoms with van der Waals surface area (Å²) >= 11 is 0. The van der Waals surface area contributed by atoms with Crippen LogP contribution in [0.4, 0.5) is 17.1 Å². The van der Waals surface area contributed by atoms with E-state index in [0.29, 0.717) is 11.8 Å². The average molecular weight is 602 g/mol. The Hall–Kier alpha value is -4.10. The fourth-order valence-electron chi connectivity index (χ4n) is 8.93. The van der Waals surface area contributed by atoms with Crippen molar-refractivity contribution in [3.05, 3.63) is 138 Å². The summed E-state index contributed by atoms with van der Waals surface area (Å²) in [5, 5.41) is 0. The molecule has 0 aromatic heterocycles. The predicted molar refractivity (Wildman–Crippen MR) is 196 cm³/mol. The van der Waals surface area contributed by atoms with Crippen LogP contribution in [0.15, 0.2) is 115 Å². The summed E-state index contributed by atoms with van der Waals surface area (Å²) in [6.45, 7) is 4.78. The quantitative estimate of drug-likeness (QED) is 0.187. The minimum atomic E-state index is -0.0388. The molecule has 0 spiro atoms. The van der Waals surface area contributed by atoms with E-state index in [-0.39, 0.29) is 5.41 Å². The van der Waals surface area contributed by atoms with Gasteiger partial charge in [-0.25, -0.2) is 0 Å². The highest BCUT2D eigenvalue weighted by Gasteiger charge is 2.36. The van der Waals surface area contributed by atoms with Gasteiger partial charge in [-0.1, -0.05) is 131 Å². The molecule has 0 heterocycles. The van der Waals surface area contributed by atoms with Crippen molar-refractivity contribution in [2.75, 3.05) is 4.90 Å². The number of benzene rings is 5. The molecule has 1 nitrogen and oxygen atoms in total. The Morgan fingerprint density at radius 2 is 1.04 bits per heavy atom. The fraction of sp³-hybridized carbons (Fsp3) is 0.333. The second-order valence-electron chi connectivity index (χ2n) is 14.6. The van der Waals surface area contributed by atoms with Crippen molar-refractivity contribution < 1.29 is 0 Å². The zero-order chi connectivity index (χ0) is 31.1. The van der Waals surface area contributed by atoms with Gasteiger partial charge in [-0.2, -0.15) is 0 Å². The van der Waals surface area contributed by atoms with Gasteiger partial charge in [0.05, 0.1) is 0 Å². The third-order valence-corrected chi connectivity index (χ3v) is 11.5. The van der Waals surface area contributed by atoms with Gasteiger partial charge in [0, 0.05) is 22.5 Å². The van der Waals surface area contributed by atoms with Crippen LogP contribution in [0.25, 0.3) is 22.3 Å². The lowest BCUT2D eigenvalue weighted by atomic mass is 9.80. The Bertz CT molecular complexity index is 1820. The Balaban J connectivity index is 1.27. The molecule has 2 fully saturated rings. The topological polar surface area (TPSA) is 3.24 Å². The molecule has 0 bridgehead atoms. The van der Waals surface area contributed by atoms with Crippen molar-refractivity contribution in [3.8, 4) is 22.3 Å². The lowest BCUT2D eigenvalue weighted by Crippen LogP contribution is -2.17. The number of rotatable bonds is 6. The van der Waals surface area contributed by atoms with E-state index in [4.69, 9.17) is 0 Å². The molecule has 5 aromatic rings. The van der Waals surface area contributed by atoms with Crippen LogP contribution in [0.5, 0.6) is 0 Å². The van der Waals surface area contributed by atoms with Crippen LogP contribution >= 0.6 is 0 Å². The van der Waals surface area contributed by atoms with Crippen LogP contribution in [0.2, 0.25) is 0 Å². The minimum Gasteiger partial charge on any atom is -0.310 e. The van der Waals surface area contributed by atoms with E-state index in [1.54, 1.807) is 0 Å². The molecule has 3 aliphatic rings. The molecular weight excluding hydrogens is 555 g/mol. The van der Waals surface area contributed by atoms with Crippen LogP contribution < -0.4 is 4.90 Å². The molecule has 5 aromatic carbocycles. The summed E-state index contributed by atoms with van der Waals surface area (Å²) in [4.78, 5) is 2.53. The van der Waals surface area contributed by atoms with Crippen molar-refractivity contribution in [1.29, 1.82) is 0 Å². The van der Waals surface area contributed by atoms with Gasteiger partial charge in [0.1, 0.15) is 0 Å². The fourth-order valence-corrected chi connectivity index (χ4v) is 8.93. The van der Waals surface area contributed by atoms with E-state index >= 15 is 0 Å². The van der Waals surface area contributed by atoms with Crippen LogP contribution in [0.3, 0.4) is 0 Å². The summed E-state index contributed by atoms with van der Waals surface area (Å²) in [6, 6.07) is 44.2. The number of fused-ring (bicyclic) bond motifs is 3. The molecule has 0 N–H and O–H groups in total. The molecule has 2 saturated carbocycles. The second-order valence-corrected chi connectivity index (χ2v) is 14.6. The van der Waals surface area contributed by atoms with E-state index in [1.165, 1.54) is 126 Å².